The molecule has 0 saturated carbocycles. The Labute approximate surface area is 110 Å². The zero-order valence-corrected chi connectivity index (χ0v) is 11.3. The van der Waals surface area contributed by atoms with E-state index in [1.165, 1.54) is 17.3 Å². The fourth-order valence-electron chi connectivity index (χ4n) is 1.39. The van der Waals surface area contributed by atoms with Gasteiger partial charge in [0.15, 0.2) is 0 Å². The molecule has 0 aliphatic carbocycles. The van der Waals surface area contributed by atoms with Crippen LogP contribution in [0.15, 0.2) is 33.0 Å². The molecule has 6 heteroatoms. The van der Waals surface area contributed by atoms with E-state index < -0.39 is 0 Å². The van der Waals surface area contributed by atoms with Gasteiger partial charge in [0.25, 0.3) is 5.22 Å². The minimum Gasteiger partial charge on any atom is -0.416 e. The maximum atomic E-state index is 5.29. The van der Waals surface area contributed by atoms with Crippen molar-refractivity contribution in [2.45, 2.75) is 37.1 Å². The van der Waals surface area contributed by atoms with Crippen LogP contribution in [0.4, 0.5) is 0 Å². The van der Waals surface area contributed by atoms with Gasteiger partial charge in [-0.1, -0.05) is 13.0 Å². The summed E-state index contributed by atoms with van der Waals surface area (Å²) < 4.78 is 5.29. The smallest absolute Gasteiger partial charge is 0.282 e. The number of aryl methyl sites for hydroxylation is 1. The molecule has 2 rings (SSSR count). The van der Waals surface area contributed by atoms with E-state index in [4.69, 9.17) is 4.42 Å². The highest BCUT2D eigenvalue weighted by Crippen LogP contribution is 2.24. The maximum absolute atomic E-state index is 5.29. The van der Waals surface area contributed by atoms with Crippen LogP contribution in [0.5, 0.6) is 0 Å². The molecule has 2 aromatic rings. The van der Waals surface area contributed by atoms with Crippen LogP contribution in [0.3, 0.4) is 0 Å². The molecule has 0 unspecified atom stereocenters. The van der Waals surface area contributed by atoms with Crippen molar-refractivity contribution >= 4 is 11.8 Å². The largest absolute Gasteiger partial charge is 0.416 e. The summed E-state index contributed by atoms with van der Waals surface area (Å²) in [7, 11) is 0. The lowest BCUT2D eigenvalue weighted by atomic mass is 10.3. The lowest BCUT2D eigenvalue weighted by Crippen LogP contribution is -2.13. The lowest BCUT2D eigenvalue weighted by molar-refractivity contribution is 0.429. The van der Waals surface area contributed by atoms with Crippen molar-refractivity contribution in [1.82, 2.24) is 20.5 Å². The first-order chi connectivity index (χ1) is 8.78. The van der Waals surface area contributed by atoms with Crippen molar-refractivity contribution in [3.8, 4) is 0 Å². The molecule has 0 saturated heterocycles. The maximum Gasteiger partial charge on any atom is 0.282 e. The molecular weight excluding hydrogens is 248 g/mol. The second-order valence-electron chi connectivity index (χ2n) is 3.87. The van der Waals surface area contributed by atoms with E-state index in [9.17, 15) is 0 Å². The van der Waals surface area contributed by atoms with Crippen molar-refractivity contribution in [3.63, 3.8) is 0 Å². The number of pyridine rings is 1. The van der Waals surface area contributed by atoms with Gasteiger partial charge in [-0.2, -0.15) is 0 Å². The molecule has 0 atom stereocenters. The standard InChI is InChI=1S/C12H16N4OS/c1-3-6-13-7-10-4-5-11(14-8-10)18-12-16-15-9(2)17-12/h4-5,8,13H,3,6-7H2,1-2H3. The third kappa shape index (κ3) is 3.82. The van der Waals surface area contributed by atoms with Crippen LogP contribution in [-0.2, 0) is 6.54 Å². The Morgan fingerprint density at radius 1 is 1.33 bits per heavy atom. The second-order valence-corrected chi connectivity index (χ2v) is 4.84. The molecular formula is C12H16N4OS. The summed E-state index contributed by atoms with van der Waals surface area (Å²) in [6.45, 7) is 5.80. The molecule has 0 amide bonds. The van der Waals surface area contributed by atoms with Crippen molar-refractivity contribution in [1.29, 1.82) is 0 Å². The predicted octanol–water partition coefficient (Wildman–Crippen LogP) is 2.42. The number of rotatable bonds is 6. The van der Waals surface area contributed by atoms with Gasteiger partial charge >= 0.3 is 0 Å². The molecule has 5 nitrogen and oxygen atoms in total. The Morgan fingerprint density at radius 2 is 2.22 bits per heavy atom. The van der Waals surface area contributed by atoms with Crippen molar-refractivity contribution in [2.75, 3.05) is 6.54 Å². The monoisotopic (exact) mass is 264 g/mol. The van der Waals surface area contributed by atoms with E-state index in [1.807, 2.05) is 12.3 Å². The Hall–Kier alpha value is -1.40. The minimum atomic E-state index is 0.525. The first-order valence-corrected chi connectivity index (χ1v) is 6.73. The van der Waals surface area contributed by atoms with Crippen LogP contribution in [0, 0.1) is 6.92 Å². The summed E-state index contributed by atoms with van der Waals surface area (Å²) in [5, 5.41) is 12.4. The number of hydrogen-bond acceptors (Lipinski definition) is 6. The third-order valence-corrected chi connectivity index (χ3v) is 3.04. The quantitative estimate of drug-likeness (QED) is 0.808. The predicted molar refractivity (Wildman–Crippen MR) is 69.4 cm³/mol. The van der Waals surface area contributed by atoms with Crippen LogP contribution < -0.4 is 5.32 Å². The lowest BCUT2D eigenvalue weighted by Gasteiger charge is -2.03. The molecule has 0 spiro atoms. The van der Waals surface area contributed by atoms with Crippen molar-refractivity contribution in [2.24, 2.45) is 0 Å². The highest BCUT2D eigenvalue weighted by atomic mass is 32.2. The molecule has 2 aromatic heterocycles. The van der Waals surface area contributed by atoms with Gasteiger partial charge in [-0.05, 0) is 36.4 Å². The van der Waals surface area contributed by atoms with Gasteiger partial charge in [0.05, 0.1) is 0 Å². The second kappa shape index (κ2) is 6.51. The Bertz CT molecular complexity index is 483. The van der Waals surface area contributed by atoms with E-state index in [2.05, 4.69) is 33.5 Å². The Kier molecular flexibility index (Phi) is 4.72. The van der Waals surface area contributed by atoms with Crippen LogP contribution in [0.1, 0.15) is 24.8 Å². The first kappa shape index (κ1) is 13.0. The van der Waals surface area contributed by atoms with E-state index in [1.54, 1.807) is 6.92 Å². The molecule has 0 radical (unpaired) electrons. The van der Waals surface area contributed by atoms with Crippen LogP contribution >= 0.6 is 11.8 Å². The summed E-state index contributed by atoms with van der Waals surface area (Å²) in [4.78, 5) is 4.36. The molecule has 0 fully saturated rings. The fraction of sp³-hybridized carbons (Fsp3) is 0.417. The number of hydrogen-bond donors (Lipinski definition) is 1. The molecule has 0 aliphatic rings. The highest BCUT2D eigenvalue weighted by molar-refractivity contribution is 7.99. The molecule has 0 bridgehead atoms. The van der Waals surface area contributed by atoms with Crippen molar-refractivity contribution < 1.29 is 4.42 Å². The molecule has 1 N–H and O–H groups in total. The highest BCUT2D eigenvalue weighted by Gasteiger charge is 2.05. The average Bonchev–Trinajstić information content (AvgIpc) is 2.77. The first-order valence-electron chi connectivity index (χ1n) is 5.91. The van der Waals surface area contributed by atoms with Gasteiger partial charge in [-0.15, -0.1) is 10.2 Å². The summed E-state index contributed by atoms with van der Waals surface area (Å²) in [5.74, 6) is 0.567. The molecule has 18 heavy (non-hydrogen) atoms. The Morgan fingerprint density at radius 3 is 2.83 bits per heavy atom. The van der Waals surface area contributed by atoms with E-state index in [0.29, 0.717) is 11.1 Å². The van der Waals surface area contributed by atoms with Gasteiger partial charge in [0.1, 0.15) is 5.03 Å². The number of nitrogens with zero attached hydrogens (tertiary/aromatic N) is 3. The van der Waals surface area contributed by atoms with Crippen LogP contribution in [0.2, 0.25) is 0 Å². The molecule has 96 valence electrons. The van der Waals surface area contributed by atoms with Gasteiger partial charge in [-0.25, -0.2) is 4.98 Å². The van der Waals surface area contributed by atoms with E-state index >= 15 is 0 Å². The van der Waals surface area contributed by atoms with Crippen LogP contribution in [-0.4, -0.2) is 21.7 Å². The van der Waals surface area contributed by atoms with Gasteiger partial charge < -0.3 is 9.73 Å². The van der Waals surface area contributed by atoms with E-state index in [0.717, 1.165) is 24.5 Å². The number of aromatic nitrogens is 3. The zero-order chi connectivity index (χ0) is 12.8. The molecule has 0 aliphatic heterocycles. The average molecular weight is 264 g/mol. The molecule has 2 heterocycles. The minimum absolute atomic E-state index is 0.525. The fourth-order valence-corrected chi connectivity index (χ4v) is 2.06. The summed E-state index contributed by atoms with van der Waals surface area (Å²) in [6, 6.07) is 4.02. The summed E-state index contributed by atoms with van der Waals surface area (Å²) >= 11 is 1.37. The van der Waals surface area contributed by atoms with Gasteiger partial charge in [0.2, 0.25) is 5.89 Å². The summed E-state index contributed by atoms with van der Waals surface area (Å²) in [5.41, 5.74) is 1.18. The zero-order valence-electron chi connectivity index (χ0n) is 10.5. The SMILES string of the molecule is CCCNCc1ccc(Sc2nnc(C)o2)nc1. The normalized spacial score (nSPS) is 10.8. The topological polar surface area (TPSA) is 63.8 Å². The number of nitrogens with one attached hydrogen (secondary N) is 1. The van der Waals surface area contributed by atoms with Gasteiger partial charge in [0, 0.05) is 19.7 Å². The molecule has 0 aromatic carbocycles. The van der Waals surface area contributed by atoms with E-state index in [-0.39, 0.29) is 0 Å². The Balaban J connectivity index is 1.91. The summed E-state index contributed by atoms with van der Waals surface area (Å²) in [6.07, 6.45) is 3.01. The van der Waals surface area contributed by atoms with Crippen molar-refractivity contribution in [3.05, 3.63) is 29.8 Å². The van der Waals surface area contributed by atoms with Crippen LogP contribution in [0.25, 0.3) is 0 Å². The van der Waals surface area contributed by atoms with Gasteiger partial charge in [-0.3, -0.25) is 0 Å². The third-order valence-electron chi connectivity index (χ3n) is 2.25.